The number of hydrogen-bond acceptors (Lipinski definition) is 2. The molecule has 0 spiro atoms. The Bertz CT molecular complexity index is 240. The van der Waals surface area contributed by atoms with E-state index in [9.17, 15) is 4.79 Å². The summed E-state index contributed by atoms with van der Waals surface area (Å²) >= 11 is 0. The highest BCUT2D eigenvalue weighted by molar-refractivity contribution is 5.73. The molecule has 86 valence electrons. The Kier molecular flexibility index (Phi) is 7.75. The molecule has 3 heteroatoms. The SMILES string of the molecule is CCCCN(C)CC#CCN(C)C(C)=O. The zero-order valence-corrected chi connectivity index (χ0v) is 10.3. The third-order valence-electron chi connectivity index (χ3n) is 2.22. The fourth-order valence-electron chi connectivity index (χ4n) is 0.984. The summed E-state index contributed by atoms with van der Waals surface area (Å²) in [4.78, 5) is 14.7. The summed E-state index contributed by atoms with van der Waals surface area (Å²) in [5, 5.41) is 0. The van der Waals surface area contributed by atoms with Gasteiger partial charge < -0.3 is 4.90 Å². The molecule has 0 saturated carbocycles. The lowest BCUT2D eigenvalue weighted by Crippen LogP contribution is -2.24. The maximum Gasteiger partial charge on any atom is 0.219 e. The zero-order chi connectivity index (χ0) is 11.7. The molecular formula is C12H22N2O. The summed E-state index contributed by atoms with van der Waals surface area (Å²) in [7, 11) is 3.83. The van der Waals surface area contributed by atoms with Gasteiger partial charge in [0, 0.05) is 14.0 Å². The van der Waals surface area contributed by atoms with Crippen molar-refractivity contribution in [1.82, 2.24) is 9.80 Å². The number of amides is 1. The van der Waals surface area contributed by atoms with Gasteiger partial charge in [-0.2, -0.15) is 0 Å². The maximum atomic E-state index is 10.9. The van der Waals surface area contributed by atoms with Gasteiger partial charge >= 0.3 is 0 Å². The van der Waals surface area contributed by atoms with E-state index >= 15 is 0 Å². The minimum atomic E-state index is 0.0589. The first-order valence-corrected chi connectivity index (χ1v) is 5.44. The Morgan fingerprint density at radius 1 is 1.20 bits per heavy atom. The summed E-state index contributed by atoms with van der Waals surface area (Å²) in [6.45, 7) is 6.13. The Hall–Kier alpha value is -1.01. The van der Waals surface area contributed by atoms with Gasteiger partial charge in [0.2, 0.25) is 5.91 Å². The van der Waals surface area contributed by atoms with Crippen LogP contribution in [0, 0.1) is 11.8 Å². The van der Waals surface area contributed by atoms with Crippen LogP contribution in [-0.4, -0.2) is 49.4 Å². The molecule has 0 aromatic heterocycles. The fraction of sp³-hybridized carbons (Fsp3) is 0.750. The van der Waals surface area contributed by atoms with Crippen LogP contribution in [0.25, 0.3) is 0 Å². The van der Waals surface area contributed by atoms with Crippen molar-refractivity contribution in [2.45, 2.75) is 26.7 Å². The van der Waals surface area contributed by atoms with E-state index in [0.29, 0.717) is 6.54 Å². The molecule has 15 heavy (non-hydrogen) atoms. The van der Waals surface area contributed by atoms with E-state index in [4.69, 9.17) is 0 Å². The first kappa shape index (κ1) is 14.0. The number of hydrogen-bond donors (Lipinski definition) is 0. The van der Waals surface area contributed by atoms with Crippen molar-refractivity contribution >= 4 is 5.91 Å². The van der Waals surface area contributed by atoms with Crippen molar-refractivity contribution in [2.24, 2.45) is 0 Å². The van der Waals surface area contributed by atoms with Gasteiger partial charge in [-0.15, -0.1) is 0 Å². The quantitative estimate of drug-likeness (QED) is 0.637. The molecular weight excluding hydrogens is 188 g/mol. The lowest BCUT2D eigenvalue weighted by Gasteiger charge is -2.12. The monoisotopic (exact) mass is 210 g/mol. The molecule has 0 saturated heterocycles. The van der Waals surface area contributed by atoms with Gasteiger partial charge in [-0.1, -0.05) is 25.2 Å². The molecule has 0 aromatic rings. The van der Waals surface area contributed by atoms with E-state index in [0.717, 1.165) is 13.1 Å². The summed E-state index contributed by atoms with van der Waals surface area (Å²) < 4.78 is 0. The molecule has 0 aliphatic carbocycles. The molecule has 3 nitrogen and oxygen atoms in total. The second kappa shape index (κ2) is 8.31. The number of nitrogens with zero attached hydrogens (tertiary/aromatic N) is 2. The lowest BCUT2D eigenvalue weighted by atomic mass is 10.3. The average Bonchev–Trinajstić information content (AvgIpc) is 2.20. The maximum absolute atomic E-state index is 10.9. The van der Waals surface area contributed by atoms with Crippen molar-refractivity contribution in [2.75, 3.05) is 33.7 Å². The van der Waals surface area contributed by atoms with Crippen LogP contribution in [0.3, 0.4) is 0 Å². The highest BCUT2D eigenvalue weighted by Gasteiger charge is 1.97. The van der Waals surface area contributed by atoms with Crippen LogP contribution < -0.4 is 0 Å². The van der Waals surface area contributed by atoms with Gasteiger partial charge in [0.1, 0.15) is 0 Å². The van der Waals surface area contributed by atoms with Crippen LogP contribution in [0.4, 0.5) is 0 Å². The number of carbonyl (C=O) groups excluding carboxylic acids is 1. The molecule has 0 radical (unpaired) electrons. The molecule has 0 aromatic carbocycles. The van der Waals surface area contributed by atoms with E-state index in [2.05, 4.69) is 30.7 Å². The minimum Gasteiger partial charge on any atom is -0.335 e. The Labute approximate surface area is 93.4 Å². The van der Waals surface area contributed by atoms with Gasteiger partial charge in [0.05, 0.1) is 13.1 Å². The summed E-state index contributed by atoms with van der Waals surface area (Å²) in [6, 6.07) is 0. The zero-order valence-electron chi connectivity index (χ0n) is 10.3. The normalized spacial score (nSPS) is 9.67. The Morgan fingerprint density at radius 3 is 2.33 bits per heavy atom. The molecule has 0 unspecified atom stereocenters. The summed E-state index contributed by atoms with van der Waals surface area (Å²) in [6.07, 6.45) is 2.43. The molecule has 0 fully saturated rings. The predicted octanol–water partition coefficient (Wildman–Crippen LogP) is 1.20. The number of rotatable bonds is 5. The lowest BCUT2D eigenvalue weighted by molar-refractivity contribution is -0.126. The van der Waals surface area contributed by atoms with Crippen LogP contribution in [0.1, 0.15) is 26.7 Å². The van der Waals surface area contributed by atoms with Crippen LogP contribution in [0.15, 0.2) is 0 Å². The first-order chi connectivity index (χ1) is 7.07. The molecule has 0 bridgehead atoms. The molecule has 0 aliphatic heterocycles. The topological polar surface area (TPSA) is 23.6 Å². The molecule has 1 amide bonds. The molecule has 0 atom stereocenters. The second-order valence-electron chi connectivity index (χ2n) is 3.82. The van der Waals surface area contributed by atoms with Crippen LogP contribution in [-0.2, 0) is 4.79 Å². The van der Waals surface area contributed by atoms with Crippen LogP contribution >= 0.6 is 0 Å². The highest BCUT2D eigenvalue weighted by atomic mass is 16.2. The van der Waals surface area contributed by atoms with E-state index in [1.807, 2.05) is 0 Å². The standard InChI is InChI=1S/C12H22N2O/c1-5-6-9-13(3)10-7-8-11-14(4)12(2)15/h5-6,9-11H2,1-4H3. The second-order valence-corrected chi connectivity index (χ2v) is 3.82. The summed E-state index contributed by atoms with van der Waals surface area (Å²) in [5.74, 6) is 6.11. The Morgan fingerprint density at radius 2 is 1.80 bits per heavy atom. The number of unbranched alkanes of at least 4 members (excludes halogenated alkanes) is 1. The van der Waals surface area contributed by atoms with Gasteiger partial charge in [0.15, 0.2) is 0 Å². The van der Waals surface area contributed by atoms with Crippen molar-refractivity contribution in [3.05, 3.63) is 0 Å². The minimum absolute atomic E-state index is 0.0589. The Balaban J connectivity index is 3.65. The molecule has 0 aliphatic rings. The predicted molar refractivity (Wildman–Crippen MR) is 63.5 cm³/mol. The molecule has 0 heterocycles. The van der Waals surface area contributed by atoms with E-state index in [1.165, 1.54) is 12.8 Å². The highest BCUT2D eigenvalue weighted by Crippen LogP contribution is 1.90. The first-order valence-electron chi connectivity index (χ1n) is 5.44. The average molecular weight is 210 g/mol. The van der Waals surface area contributed by atoms with E-state index < -0.39 is 0 Å². The van der Waals surface area contributed by atoms with Gasteiger partial charge in [-0.3, -0.25) is 9.69 Å². The van der Waals surface area contributed by atoms with Gasteiger partial charge in [-0.05, 0) is 20.0 Å². The summed E-state index contributed by atoms with van der Waals surface area (Å²) in [5.41, 5.74) is 0. The third-order valence-corrected chi connectivity index (χ3v) is 2.22. The molecule has 0 N–H and O–H groups in total. The van der Waals surface area contributed by atoms with Crippen molar-refractivity contribution in [1.29, 1.82) is 0 Å². The molecule has 0 rings (SSSR count). The van der Waals surface area contributed by atoms with Crippen molar-refractivity contribution in [3.8, 4) is 11.8 Å². The van der Waals surface area contributed by atoms with E-state index in [-0.39, 0.29) is 5.91 Å². The van der Waals surface area contributed by atoms with Crippen LogP contribution in [0.5, 0.6) is 0 Å². The van der Waals surface area contributed by atoms with Gasteiger partial charge in [0.25, 0.3) is 0 Å². The fourth-order valence-corrected chi connectivity index (χ4v) is 0.984. The third kappa shape index (κ3) is 8.02. The van der Waals surface area contributed by atoms with Gasteiger partial charge in [-0.25, -0.2) is 0 Å². The number of carbonyl (C=O) groups is 1. The van der Waals surface area contributed by atoms with Crippen molar-refractivity contribution in [3.63, 3.8) is 0 Å². The smallest absolute Gasteiger partial charge is 0.219 e. The van der Waals surface area contributed by atoms with Crippen molar-refractivity contribution < 1.29 is 4.79 Å². The van der Waals surface area contributed by atoms with E-state index in [1.54, 1.807) is 18.9 Å². The van der Waals surface area contributed by atoms with Crippen LogP contribution in [0.2, 0.25) is 0 Å². The largest absolute Gasteiger partial charge is 0.335 e.